The summed E-state index contributed by atoms with van der Waals surface area (Å²) in [5.41, 5.74) is 0.640. The van der Waals surface area contributed by atoms with Crippen LogP contribution in [0.1, 0.15) is 12.2 Å². The van der Waals surface area contributed by atoms with Gasteiger partial charge in [0.15, 0.2) is 5.82 Å². The van der Waals surface area contributed by atoms with E-state index in [9.17, 15) is 17.2 Å². The Balaban J connectivity index is 1.55. The number of hydrogen-bond acceptors (Lipinski definition) is 11. The zero-order valence-corrected chi connectivity index (χ0v) is 22.6. The van der Waals surface area contributed by atoms with Gasteiger partial charge in [-0.2, -0.15) is 19.3 Å². The molecule has 0 spiro atoms. The van der Waals surface area contributed by atoms with Gasteiger partial charge in [-0.3, -0.25) is 4.57 Å². The van der Waals surface area contributed by atoms with Crippen molar-refractivity contribution in [1.82, 2.24) is 34.1 Å². The first-order valence-electron chi connectivity index (χ1n) is 12.6. The van der Waals surface area contributed by atoms with Gasteiger partial charge in [-0.1, -0.05) is 6.07 Å². The second-order valence-electron chi connectivity index (χ2n) is 9.07. The van der Waals surface area contributed by atoms with Gasteiger partial charge in [-0.05, 0) is 19.2 Å². The van der Waals surface area contributed by atoms with E-state index in [2.05, 4.69) is 25.3 Å². The predicted molar refractivity (Wildman–Crippen MR) is 140 cm³/mol. The van der Waals surface area contributed by atoms with Crippen LogP contribution in [0.4, 0.5) is 20.7 Å². The van der Waals surface area contributed by atoms with Crippen LogP contribution in [0, 0.1) is 0 Å². The predicted octanol–water partition coefficient (Wildman–Crippen LogP) is 0.665. The average molecular weight is 568 g/mol. The fraction of sp³-hybridized carbons (Fsp3) is 0.565. The van der Waals surface area contributed by atoms with E-state index in [1.165, 1.54) is 16.0 Å². The Morgan fingerprint density at radius 2 is 1.62 bits per heavy atom. The number of anilines is 2. The van der Waals surface area contributed by atoms with E-state index in [1.54, 1.807) is 25.2 Å². The smallest absolute Gasteiger partial charge is 0.296 e. The molecule has 2 fully saturated rings. The molecule has 3 aromatic rings. The maximum absolute atomic E-state index is 14.2. The molecule has 39 heavy (non-hydrogen) atoms. The highest BCUT2D eigenvalue weighted by molar-refractivity contribution is 7.89. The SMILES string of the molecule is CNCCS(=O)(=O)N1CCN(c2nc(N3CCOCC3)nc(-n3c(C(F)F)nc4c(OC)cccc43)n2)CC1. The molecule has 0 amide bonds. The highest BCUT2D eigenvalue weighted by Crippen LogP contribution is 2.32. The van der Waals surface area contributed by atoms with Gasteiger partial charge < -0.3 is 24.6 Å². The van der Waals surface area contributed by atoms with Crippen molar-refractivity contribution >= 4 is 33.0 Å². The lowest BCUT2D eigenvalue weighted by Gasteiger charge is -2.34. The van der Waals surface area contributed by atoms with Crippen LogP contribution in [0.3, 0.4) is 0 Å². The van der Waals surface area contributed by atoms with Crippen molar-refractivity contribution in [3.05, 3.63) is 24.0 Å². The van der Waals surface area contributed by atoms with E-state index in [-0.39, 0.29) is 36.3 Å². The van der Waals surface area contributed by atoms with Gasteiger partial charge in [0.2, 0.25) is 27.9 Å². The third-order valence-corrected chi connectivity index (χ3v) is 8.58. The lowest BCUT2D eigenvalue weighted by molar-refractivity contribution is 0.122. The molecule has 1 N–H and O–H groups in total. The molecule has 13 nitrogen and oxygen atoms in total. The molecule has 0 aliphatic carbocycles. The highest BCUT2D eigenvalue weighted by Gasteiger charge is 2.30. The molecule has 0 atom stereocenters. The first-order chi connectivity index (χ1) is 18.8. The molecule has 4 heterocycles. The quantitative estimate of drug-likeness (QED) is 0.391. The van der Waals surface area contributed by atoms with Crippen molar-refractivity contribution in [3.8, 4) is 11.7 Å². The number of halogens is 2. The molecule has 212 valence electrons. The Morgan fingerprint density at radius 3 is 2.23 bits per heavy atom. The fourth-order valence-electron chi connectivity index (χ4n) is 4.63. The number of nitrogens with zero attached hydrogens (tertiary/aromatic N) is 8. The van der Waals surface area contributed by atoms with Crippen LogP contribution in [0.15, 0.2) is 18.2 Å². The maximum atomic E-state index is 14.2. The molecule has 0 saturated carbocycles. The molecule has 5 rings (SSSR count). The van der Waals surface area contributed by atoms with E-state index in [4.69, 9.17) is 9.47 Å². The molecule has 0 radical (unpaired) electrons. The summed E-state index contributed by atoms with van der Waals surface area (Å²) in [5.74, 6) is 0.447. The van der Waals surface area contributed by atoms with Crippen molar-refractivity contribution in [3.63, 3.8) is 0 Å². The van der Waals surface area contributed by atoms with Crippen molar-refractivity contribution in [2.45, 2.75) is 6.43 Å². The van der Waals surface area contributed by atoms with E-state index in [0.717, 1.165) is 0 Å². The van der Waals surface area contributed by atoms with Crippen molar-refractivity contribution < 1.29 is 26.7 Å². The Morgan fingerprint density at radius 1 is 0.974 bits per heavy atom. The molecule has 2 aliphatic rings. The monoisotopic (exact) mass is 567 g/mol. The van der Waals surface area contributed by atoms with Crippen LogP contribution in [0.5, 0.6) is 5.75 Å². The summed E-state index contributed by atoms with van der Waals surface area (Å²) in [7, 11) is -0.249. The molecule has 2 saturated heterocycles. The number of methoxy groups -OCH3 is 1. The third kappa shape index (κ3) is 5.59. The first-order valence-corrected chi connectivity index (χ1v) is 14.2. The van der Waals surface area contributed by atoms with Crippen LogP contribution in [0.2, 0.25) is 0 Å². The molecule has 2 aromatic heterocycles. The average Bonchev–Trinajstić information content (AvgIpc) is 3.37. The minimum atomic E-state index is -3.40. The lowest BCUT2D eigenvalue weighted by atomic mass is 10.3. The maximum Gasteiger partial charge on any atom is 0.296 e. The molecule has 2 aliphatic heterocycles. The third-order valence-electron chi connectivity index (χ3n) is 6.71. The number of benzene rings is 1. The van der Waals surface area contributed by atoms with Crippen molar-refractivity contribution in [2.75, 3.05) is 88.7 Å². The highest BCUT2D eigenvalue weighted by atomic mass is 32.2. The molecule has 1 aromatic carbocycles. The zero-order chi connectivity index (χ0) is 27.6. The minimum Gasteiger partial charge on any atom is -0.494 e. The normalized spacial score (nSPS) is 17.4. The van der Waals surface area contributed by atoms with Crippen LogP contribution in [0.25, 0.3) is 17.0 Å². The topological polar surface area (TPSA) is 131 Å². The van der Waals surface area contributed by atoms with Gasteiger partial charge in [0.05, 0.1) is 31.6 Å². The van der Waals surface area contributed by atoms with Crippen LogP contribution in [-0.2, 0) is 14.8 Å². The van der Waals surface area contributed by atoms with Gasteiger partial charge in [0.1, 0.15) is 11.3 Å². The molecular formula is C23H31F2N9O4S. The second kappa shape index (κ2) is 11.5. The Kier molecular flexibility index (Phi) is 8.06. The lowest BCUT2D eigenvalue weighted by Crippen LogP contribution is -2.50. The summed E-state index contributed by atoms with van der Waals surface area (Å²) in [6, 6.07) is 4.99. The number of hydrogen-bond donors (Lipinski definition) is 1. The number of morpholine rings is 1. The van der Waals surface area contributed by atoms with Crippen LogP contribution in [-0.4, -0.2) is 116 Å². The second-order valence-corrected chi connectivity index (χ2v) is 11.2. The molecular weight excluding hydrogens is 536 g/mol. The van der Waals surface area contributed by atoms with Crippen molar-refractivity contribution in [2.24, 2.45) is 0 Å². The minimum absolute atomic E-state index is 0.00313. The molecule has 0 unspecified atom stereocenters. The van der Waals surface area contributed by atoms with Gasteiger partial charge >= 0.3 is 0 Å². The van der Waals surface area contributed by atoms with Gasteiger partial charge in [0.25, 0.3) is 6.43 Å². The summed E-state index contributed by atoms with van der Waals surface area (Å²) >= 11 is 0. The number of rotatable bonds is 9. The van der Waals surface area contributed by atoms with Gasteiger partial charge in [0, 0.05) is 45.8 Å². The zero-order valence-electron chi connectivity index (χ0n) is 21.8. The van der Waals surface area contributed by atoms with Gasteiger partial charge in [-0.25, -0.2) is 22.2 Å². The van der Waals surface area contributed by atoms with Crippen LogP contribution >= 0.6 is 0 Å². The number of fused-ring (bicyclic) bond motifs is 1. The van der Waals surface area contributed by atoms with Gasteiger partial charge in [-0.15, -0.1) is 0 Å². The molecule has 0 bridgehead atoms. The number of para-hydroxylation sites is 1. The summed E-state index contributed by atoms with van der Waals surface area (Å²) in [6.07, 6.45) is -2.90. The number of piperazine rings is 1. The Bertz CT molecular complexity index is 1410. The summed E-state index contributed by atoms with van der Waals surface area (Å²) in [5, 5.41) is 2.86. The number of alkyl halides is 2. The fourth-order valence-corrected chi connectivity index (χ4v) is 6.07. The van der Waals surface area contributed by atoms with E-state index in [1.807, 2.05) is 9.80 Å². The summed E-state index contributed by atoms with van der Waals surface area (Å²) < 4.78 is 67.3. The number of aromatic nitrogens is 5. The number of imidazole rings is 1. The largest absolute Gasteiger partial charge is 0.494 e. The number of nitrogens with one attached hydrogen (secondary N) is 1. The summed E-state index contributed by atoms with van der Waals surface area (Å²) in [6.45, 7) is 3.57. The number of ether oxygens (including phenoxy) is 2. The Labute approximate surface area is 224 Å². The first kappa shape index (κ1) is 27.4. The van der Waals surface area contributed by atoms with Crippen LogP contribution < -0.4 is 19.9 Å². The summed E-state index contributed by atoms with van der Waals surface area (Å²) in [4.78, 5) is 21.8. The van der Waals surface area contributed by atoms with E-state index < -0.39 is 22.3 Å². The Hall–Kier alpha value is -3.21. The van der Waals surface area contributed by atoms with Crippen molar-refractivity contribution in [1.29, 1.82) is 0 Å². The van der Waals surface area contributed by atoms with E-state index >= 15 is 0 Å². The standard InChI is InChI=1S/C23H31F2N9O4S/c1-26-6-15-39(35,36)33-9-7-31(8-10-33)21-28-22(32-11-13-38-14-12-32)30-23(29-21)34-16-4-3-5-17(37-2)18(16)27-20(34)19(24)25/h3-5,19,26H,6-15H2,1-2H3. The van der Waals surface area contributed by atoms with E-state index in [0.29, 0.717) is 63.2 Å². The number of sulfonamides is 1. The molecule has 16 heteroatoms.